The summed E-state index contributed by atoms with van der Waals surface area (Å²) in [5.41, 5.74) is -0.404. The number of carbonyl (C=O) groups is 2. The van der Waals surface area contributed by atoms with Gasteiger partial charge in [-0.05, 0) is 25.0 Å². The first-order chi connectivity index (χ1) is 13.3. The van der Waals surface area contributed by atoms with Crippen molar-refractivity contribution in [2.75, 3.05) is 47.8 Å². The molecule has 1 aromatic rings. The summed E-state index contributed by atoms with van der Waals surface area (Å²) >= 11 is 0. The Bertz CT molecular complexity index is 661. The zero-order chi connectivity index (χ0) is 20.6. The van der Waals surface area contributed by atoms with Gasteiger partial charge in [-0.25, -0.2) is 4.99 Å². The van der Waals surface area contributed by atoms with Crippen LogP contribution >= 0.6 is 0 Å². The molecule has 1 heterocycles. The summed E-state index contributed by atoms with van der Waals surface area (Å²) in [6, 6.07) is 3.78. The molecular formula is C20H33N5O3. The molecule has 2 amide bonds. The zero-order valence-electron chi connectivity index (χ0n) is 17.5. The van der Waals surface area contributed by atoms with Gasteiger partial charge in [0.05, 0.1) is 11.7 Å². The van der Waals surface area contributed by atoms with Crippen LogP contribution in [0.25, 0.3) is 0 Å². The van der Waals surface area contributed by atoms with E-state index >= 15 is 0 Å². The van der Waals surface area contributed by atoms with E-state index in [0.717, 1.165) is 31.4 Å². The molecule has 1 aromatic heterocycles. The van der Waals surface area contributed by atoms with Crippen LogP contribution < -0.4 is 10.6 Å². The van der Waals surface area contributed by atoms with Gasteiger partial charge in [-0.15, -0.1) is 0 Å². The molecule has 0 unspecified atom stereocenters. The smallest absolute Gasteiger partial charge is 0.243 e. The standard InChI is InChI=1S/C20H33N5O3/c1-24(2)17(26)14-22-19(21-12-9-16-8-7-13-28-16)23-15-20(10-5-6-11-20)18(27)25(3)4/h7-8,13H,5-6,9-12,14-15H2,1-4H3,(H2,21,22,23). The molecule has 0 saturated heterocycles. The fourth-order valence-electron chi connectivity index (χ4n) is 3.47. The number of nitrogens with one attached hydrogen (secondary N) is 2. The molecule has 2 rings (SSSR count). The third-order valence-electron chi connectivity index (χ3n) is 5.13. The van der Waals surface area contributed by atoms with Crippen LogP contribution in [-0.4, -0.2) is 75.4 Å². The number of aliphatic imine (C=N–C) groups is 1. The highest BCUT2D eigenvalue weighted by Gasteiger charge is 2.42. The minimum atomic E-state index is -0.404. The number of guanidine groups is 1. The van der Waals surface area contributed by atoms with E-state index in [4.69, 9.17) is 4.42 Å². The van der Waals surface area contributed by atoms with Gasteiger partial charge in [0.25, 0.3) is 0 Å². The van der Waals surface area contributed by atoms with Crippen molar-refractivity contribution in [3.05, 3.63) is 24.2 Å². The number of hydrogen-bond donors (Lipinski definition) is 2. The van der Waals surface area contributed by atoms with Crippen molar-refractivity contribution >= 4 is 17.8 Å². The van der Waals surface area contributed by atoms with Gasteiger partial charge in [0.15, 0.2) is 5.96 Å². The maximum Gasteiger partial charge on any atom is 0.243 e. The van der Waals surface area contributed by atoms with Gasteiger partial charge in [0, 0.05) is 47.7 Å². The molecule has 2 N–H and O–H groups in total. The lowest BCUT2D eigenvalue weighted by Crippen LogP contribution is -2.49. The molecule has 0 bridgehead atoms. The quantitative estimate of drug-likeness (QED) is 0.512. The Hall–Kier alpha value is -2.51. The Balaban J connectivity index is 2.01. The second-order valence-electron chi connectivity index (χ2n) is 7.75. The first-order valence-electron chi connectivity index (χ1n) is 9.80. The molecule has 1 aliphatic carbocycles. The normalized spacial score (nSPS) is 15.9. The summed E-state index contributed by atoms with van der Waals surface area (Å²) in [6.07, 6.45) is 6.20. The average molecular weight is 392 g/mol. The fraction of sp³-hybridized carbons (Fsp3) is 0.650. The minimum absolute atomic E-state index is 0.0533. The molecule has 0 radical (unpaired) electrons. The molecular weight excluding hydrogens is 358 g/mol. The van der Waals surface area contributed by atoms with Crippen molar-refractivity contribution in [3.63, 3.8) is 0 Å². The molecule has 1 aliphatic rings. The van der Waals surface area contributed by atoms with Gasteiger partial charge in [-0.1, -0.05) is 12.8 Å². The Labute approximate surface area is 167 Å². The lowest BCUT2D eigenvalue weighted by molar-refractivity contribution is -0.138. The van der Waals surface area contributed by atoms with Crippen molar-refractivity contribution in [3.8, 4) is 0 Å². The van der Waals surface area contributed by atoms with Crippen molar-refractivity contribution < 1.29 is 14.0 Å². The number of rotatable bonds is 8. The minimum Gasteiger partial charge on any atom is -0.469 e. The van der Waals surface area contributed by atoms with Gasteiger partial charge in [0.1, 0.15) is 12.3 Å². The first-order valence-corrected chi connectivity index (χ1v) is 9.80. The van der Waals surface area contributed by atoms with Crippen molar-refractivity contribution in [2.45, 2.75) is 32.1 Å². The van der Waals surface area contributed by atoms with Crippen LogP contribution in [0.1, 0.15) is 31.4 Å². The molecule has 8 nitrogen and oxygen atoms in total. The van der Waals surface area contributed by atoms with E-state index in [1.807, 2.05) is 12.1 Å². The van der Waals surface area contributed by atoms with E-state index in [-0.39, 0.29) is 18.4 Å². The van der Waals surface area contributed by atoms with E-state index in [0.29, 0.717) is 25.5 Å². The average Bonchev–Trinajstić information content (AvgIpc) is 3.34. The second kappa shape index (κ2) is 10.1. The highest BCUT2D eigenvalue weighted by Crippen LogP contribution is 2.38. The van der Waals surface area contributed by atoms with E-state index in [2.05, 4.69) is 15.6 Å². The van der Waals surface area contributed by atoms with Crippen molar-refractivity contribution in [1.29, 1.82) is 0 Å². The SMILES string of the molecule is CN(C)C(=O)CN=C(NCCc1ccco1)NCC1(C(=O)N(C)C)CCCC1. The molecule has 1 saturated carbocycles. The zero-order valence-corrected chi connectivity index (χ0v) is 17.5. The van der Waals surface area contributed by atoms with Crippen LogP contribution in [0.5, 0.6) is 0 Å². The first kappa shape index (κ1) is 21.8. The van der Waals surface area contributed by atoms with Gasteiger partial charge >= 0.3 is 0 Å². The summed E-state index contributed by atoms with van der Waals surface area (Å²) in [7, 11) is 7.01. The van der Waals surface area contributed by atoms with E-state index < -0.39 is 5.41 Å². The fourth-order valence-corrected chi connectivity index (χ4v) is 3.47. The maximum absolute atomic E-state index is 12.8. The highest BCUT2D eigenvalue weighted by molar-refractivity contribution is 5.86. The summed E-state index contributed by atoms with van der Waals surface area (Å²) in [6.45, 7) is 1.18. The topological polar surface area (TPSA) is 90.2 Å². The summed E-state index contributed by atoms with van der Waals surface area (Å²) < 4.78 is 5.35. The van der Waals surface area contributed by atoms with Gasteiger partial charge in [-0.3, -0.25) is 9.59 Å². The van der Waals surface area contributed by atoms with E-state index in [9.17, 15) is 9.59 Å². The lowest BCUT2D eigenvalue weighted by Gasteiger charge is -2.31. The van der Waals surface area contributed by atoms with E-state index in [1.54, 1.807) is 39.4 Å². The Kier molecular flexibility index (Phi) is 7.90. The van der Waals surface area contributed by atoms with Crippen LogP contribution in [-0.2, 0) is 16.0 Å². The summed E-state index contributed by atoms with van der Waals surface area (Å²) in [5, 5.41) is 6.55. The number of nitrogens with zero attached hydrogens (tertiary/aromatic N) is 3. The van der Waals surface area contributed by atoms with Gasteiger partial charge in [-0.2, -0.15) is 0 Å². The van der Waals surface area contributed by atoms with Crippen LogP contribution in [0.15, 0.2) is 27.8 Å². The lowest BCUT2D eigenvalue weighted by atomic mass is 9.84. The third-order valence-corrected chi connectivity index (χ3v) is 5.13. The Morgan fingerprint density at radius 3 is 2.43 bits per heavy atom. The molecule has 0 aromatic carbocycles. The number of likely N-dealkylation sites (N-methyl/N-ethyl adjacent to an activating group) is 1. The second-order valence-corrected chi connectivity index (χ2v) is 7.75. The predicted octanol–water partition coefficient (Wildman–Crippen LogP) is 1.09. The highest BCUT2D eigenvalue weighted by atomic mass is 16.3. The molecule has 156 valence electrons. The van der Waals surface area contributed by atoms with Crippen LogP contribution in [0, 0.1) is 5.41 Å². The van der Waals surface area contributed by atoms with E-state index in [1.165, 1.54) is 4.90 Å². The molecule has 0 atom stereocenters. The summed E-state index contributed by atoms with van der Waals surface area (Å²) in [4.78, 5) is 32.3. The van der Waals surface area contributed by atoms with Crippen molar-refractivity contribution in [1.82, 2.24) is 20.4 Å². The number of carbonyl (C=O) groups excluding carboxylic acids is 2. The van der Waals surface area contributed by atoms with Gasteiger partial charge < -0.3 is 24.9 Å². The predicted molar refractivity (Wildman–Crippen MR) is 109 cm³/mol. The van der Waals surface area contributed by atoms with Crippen LogP contribution in [0.3, 0.4) is 0 Å². The molecule has 1 fully saturated rings. The molecule has 28 heavy (non-hydrogen) atoms. The molecule has 0 spiro atoms. The van der Waals surface area contributed by atoms with Gasteiger partial charge in [0.2, 0.25) is 11.8 Å². The van der Waals surface area contributed by atoms with Crippen LogP contribution in [0.4, 0.5) is 0 Å². The number of hydrogen-bond acceptors (Lipinski definition) is 4. The maximum atomic E-state index is 12.8. The largest absolute Gasteiger partial charge is 0.469 e. The number of amides is 2. The molecule has 0 aliphatic heterocycles. The summed E-state index contributed by atoms with van der Waals surface area (Å²) in [5.74, 6) is 1.50. The number of furan rings is 1. The Morgan fingerprint density at radius 2 is 1.86 bits per heavy atom. The van der Waals surface area contributed by atoms with Crippen molar-refractivity contribution in [2.24, 2.45) is 10.4 Å². The monoisotopic (exact) mass is 391 g/mol. The third kappa shape index (κ3) is 6.00. The molecule has 8 heteroatoms. The Morgan fingerprint density at radius 1 is 1.14 bits per heavy atom. The van der Waals surface area contributed by atoms with Crippen LogP contribution in [0.2, 0.25) is 0 Å².